The normalized spacial score (nSPS) is 10.2. The monoisotopic (exact) mass is 226 g/mol. The number of ether oxygens (including phenoxy) is 2. The average Bonchev–Trinajstić information content (AvgIpc) is 2.34. The van der Waals surface area contributed by atoms with Gasteiger partial charge in [-0.2, -0.15) is 0 Å². The van der Waals surface area contributed by atoms with E-state index in [1.165, 1.54) is 0 Å². The molecule has 4 nitrogen and oxygen atoms in total. The van der Waals surface area contributed by atoms with Crippen LogP contribution in [0.1, 0.15) is 18.4 Å². The molecule has 0 spiro atoms. The third kappa shape index (κ3) is 3.40. The highest BCUT2D eigenvalue weighted by atomic mass is 16.5. The summed E-state index contributed by atoms with van der Waals surface area (Å²) in [5.74, 6) is 1.21. The van der Waals surface area contributed by atoms with E-state index in [1.807, 2.05) is 6.07 Å². The predicted molar refractivity (Wildman–Crippen MR) is 60.7 cm³/mol. The van der Waals surface area contributed by atoms with E-state index >= 15 is 0 Å². The topological polar surface area (TPSA) is 58.9 Å². The Kier molecular flexibility index (Phi) is 5.67. The van der Waals surface area contributed by atoms with Gasteiger partial charge in [0.15, 0.2) is 11.5 Å². The largest absolute Gasteiger partial charge is 0.493 e. The molecule has 0 aliphatic rings. The second-order valence-corrected chi connectivity index (χ2v) is 3.39. The standard InChI is InChI=1S/C12H18O4/c1-15-11-6-4-5-10(9-14)12(11)16-8-3-2-7-13/h4-6,13-14H,2-3,7-9H2,1H3. The lowest BCUT2D eigenvalue weighted by Crippen LogP contribution is -2.03. The maximum absolute atomic E-state index is 9.17. The van der Waals surface area contributed by atoms with Gasteiger partial charge in [0.25, 0.3) is 0 Å². The molecule has 0 bridgehead atoms. The minimum absolute atomic E-state index is 0.0769. The van der Waals surface area contributed by atoms with Crippen LogP contribution in [0.3, 0.4) is 0 Å². The molecule has 1 rings (SSSR count). The molecule has 0 saturated heterocycles. The lowest BCUT2D eigenvalue weighted by Gasteiger charge is -2.13. The molecule has 0 fully saturated rings. The molecule has 16 heavy (non-hydrogen) atoms. The summed E-state index contributed by atoms with van der Waals surface area (Å²) >= 11 is 0. The van der Waals surface area contributed by atoms with Gasteiger partial charge in [-0.05, 0) is 18.9 Å². The zero-order valence-electron chi connectivity index (χ0n) is 9.48. The number of aliphatic hydroxyl groups excluding tert-OH is 2. The molecular formula is C12H18O4. The molecule has 0 aromatic heterocycles. The van der Waals surface area contributed by atoms with Crippen molar-refractivity contribution in [2.75, 3.05) is 20.3 Å². The molecule has 2 N–H and O–H groups in total. The highest BCUT2D eigenvalue weighted by molar-refractivity contribution is 5.46. The molecule has 0 radical (unpaired) electrons. The van der Waals surface area contributed by atoms with Gasteiger partial charge < -0.3 is 19.7 Å². The summed E-state index contributed by atoms with van der Waals surface area (Å²) in [5, 5.41) is 17.8. The van der Waals surface area contributed by atoms with Crippen molar-refractivity contribution in [2.45, 2.75) is 19.4 Å². The molecule has 0 saturated carbocycles. The van der Waals surface area contributed by atoms with Crippen molar-refractivity contribution >= 4 is 0 Å². The van der Waals surface area contributed by atoms with Gasteiger partial charge in [-0.3, -0.25) is 0 Å². The number of hydrogen-bond donors (Lipinski definition) is 2. The zero-order valence-corrected chi connectivity index (χ0v) is 9.48. The van der Waals surface area contributed by atoms with Crippen molar-refractivity contribution in [3.8, 4) is 11.5 Å². The lowest BCUT2D eigenvalue weighted by atomic mass is 10.2. The summed E-state index contributed by atoms with van der Waals surface area (Å²) in [6.07, 6.45) is 1.49. The summed E-state index contributed by atoms with van der Waals surface area (Å²) < 4.78 is 10.7. The highest BCUT2D eigenvalue weighted by Crippen LogP contribution is 2.31. The number of rotatable bonds is 7. The van der Waals surface area contributed by atoms with Crippen LogP contribution < -0.4 is 9.47 Å². The first-order valence-corrected chi connectivity index (χ1v) is 5.34. The molecule has 0 aliphatic carbocycles. The van der Waals surface area contributed by atoms with Crippen molar-refractivity contribution in [1.29, 1.82) is 0 Å². The Labute approximate surface area is 95.4 Å². The molecule has 0 atom stereocenters. The predicted octanol–water partition coefficient (Wildman–Crippen LogP) is 1.34. The van der Waals surface area contributed by atoms with Crippen LogP contribution in [-0.2, 0) is 6.61 Å². The van der Waals surface area contributed by atoms with E-state index in [1.54, 1.807) is 19.2 Å². The van der Waals surface area contributed by atoms with Crippen LogP contribution in [0.2, 0.25) is 0 Å². The third-order valence-corrected chi connectivity index (χ3v) is 2.25. The first-order valence-electron chi connectivity index (χ1n) is 5.34. The Bertz CT molecular complexity index is 290. The molecule has 90 valence electrons. The van der Waals surface area contributed by atoms with Crippen molar-refractivity contribution in [3.05, 3.63) is 23.8 Å². The molecule has 1 aromatic carbocycles. The van der Waals surface area contributed by atoms with Crippen LogP contribution in [0.5, 0.6) is 11.5 Å². The Hall–Kier alpha value is -1.26. The Balaban J connectivity index is 2.67. The third-order valence-electron chi connectivity index (χ3n) is 2.25. The van der Waals surface area contributed by atoms with Crippen molar-refractivity contribution in [3.63, 3.8) is 0 Å². The van der Waals surface area contributed by atoms with Crippen molar-refractivity contribution in [2.24, 2.45) is 0 Å². The van der Waals surface area contributed by atoms with Gasteiger partial charge >= 0.3 is 0 Å². The van der Waals surface area contributed by atoms with Gasteiger partial charge in [0.2, 0.25) is 0 Å². The molecule has 0 aliphatic heterocycles. The maximum atomic E-state index is 9.17. The Morgan fingerprint density at radius 3 is 2.62 bits per heavy atom. The number of unbranched alkanes of at least 4 members (excludes halogenated alkanes) is 1. The molecule has 4 heteroatoms. The van der Waals surface area contributed by atoms with Crippen molar-refractivity contribution < 1.29 is 19.7 Å². The lowest BCUT2D eigenvalue weighted by molar-refractivity contribution is 0.235. The fourth-order valence-electron chi connectivity index (χ4n) is 1.40. The molecular weight excluding hydrogens is 208 g/mol. The zero-order chi connectivity index (χ0) is 11.8. The van der Waals surface area contributed by atoms with Gasteiger partial charge in [-0.25, -0.2) is 0 Å². The summed E-state index contributed by atoms with van der Waals surface area (Å²) in [6.45, 7) is 0.600. The van der Waals surface area contributed by atoms with Gasteiger partial charge in [0.1, 0.15) is 0 Å². The maximum Gasteiger partial charge on any atom is 0.166 e. The van der Waals surface area contributed by atoms with Crippen LogP contribution in [-0.4, -0.2) is 30.5 Å². The Morgan fingerprint density at radius 1 is 1.19 bits per heavy atom. The van der Waals surface area contributed by atoms with E-state index in [4.69, 9.17) is 19.7 Å². The summed E-state index contributed by atoms with van der Waals surface area (Å²) in [5.41, 5.74) is 0.711. The van der Waals surface area contributed by atoms with E-state index in [-0.39, 0.29) is 13.2 Å². The van der Waals surface area contributed by atoms with E-state index in [0.29, 0.717) is 30.1 Å². The van der Waals surface area contributed by atoms with Crippen LogP contribution in [0.15, 0.2) is 18.2 Å². The summed E-state index contributed by atoms with van der Waals surface area (Å²) in [4.78, 5) is 0. The van der Waals surface area contributed by atoms with Gasteiger partial charge in [-0.1, -0.05) is 12.1 Å². The molecule has 0 amide bonds. The van der Waals surface area contributed by atoms with Gasteiger partial charge in [0, 0.05) is 12.2 Å². The summed E-state index contributed by atoms with van der Waals surface area (Å²) in [6, 6.07) is 5.40. The average molecular weight is 226 g/mol. The SMILES string of the molecule is COc1cccc(CO)c1OCCCCO. The number of benzene rings is 1. The smallest absolute Gasteiger partial charge is 0.166 e. The van der Waals surface area contributed by atoms with Crippen LogP contribution in [0, 0.1) is 0 Å². The quantitative estimate of drug-likeness (QED) is 0.689. The molecule has 0 heterocycles. The van der Waals surface area contributed by atoms with E-state index < -0.39 is 0 Å². The number of methoxy groups -OCH3 is 1. The van der Waals surface area contributed by atoms with E-state index in [0.717, 1.165) is 6.42 Å². The fraction of sp³-hybridized carbons (Fsp3) is 0.500. The van der Waals surface area contributed by atoms with Crippen LogP contribution in [0.4, 0.5) is 0 Å². The van der Waals surface area contributed by atoms with Gasteiger partial charge in [-0.15, -0.1) is 0 Å². The first kappa shape index (κ1) is 12.8. The van der Waals surface area contributed by atoms with E-state index in [9.17, 15) is 0 Å². The number of hydrogen-bond acceptors (Lipinski definition) is 4. The number of para-hydroxylation sites is 1. The highest BCUT2D eigenvalue weighted by Gasteiger charge is 2.09. The second-order valence-electron chi connectivity index (χ2n) is 3.39. The molecule has 0 unspecified atom stereocenters. The molecule has 1 aromatic rings. The minimum Gasteiger partial charge on any atom is -0.493 e. The van der Waals surface area contributed by atoms with Crippen LogP contribution >= 0.6 is 0 Å². The fourth-order valence-corrected chi connectivity index (χ4v) is 1.40. The minimum atomic E-state index is -0.0769. The Morgan fingerprint density at radius 2 is 2.00 bits per heavy atom. The van der Waals surface area contributed by atoms with Crippen molar-refractivity contribution in [1.82, 2.24) is 0 Å². The second kappa shape index (κ2) is 7.09. The van der Waals surface area contributed by atoms with Crippen LogP contribution in [0.25, 0.3) is 0 Å². The number of aliphatic hydroxyl groups is 2. The summed E-state index contributed by atoms with van der Waals surface area (Å²) in [7, 11) is 1.57. The van der Waals surface area contributed by atoms with E-state index in [2.05, 4.69) is 0 Å². The van der Waals surface area contributed by atoms with Gasteiger partial charge in [0.05, 0.1) is 20.3 Å². The first-order chi connectivity index (χ1) is 7.83.